The highest BCUT2D eigenvalue weighted by molar-refractivity contribution is 6.02. The smallest absolute Gasteiger partial charge is 0.340 e. The van der Waals surface area contributed by atoms with Gasteiger partial charge in [-0.25, -0.2) is 9.59 Å². The standard InChI is InChI=1S/C11H12N2O3/c1-3-16-10(14)7-5-4-6-8-9(7)13(2)11(15)12-8/h4-6H,3H2,1-2H3,(H,12,15). The van der Waals surface area contributed by atoms with E-state index in [2.05, 4.69) is 4.98 Å². The molecule has 0 saturated carbocycles. The first-order chi connectivity index (χ1) is 7.65. The highest BCUT2D eigenvalue weighted by atomic mass is 16.5. The molecule has 2 rings (SSSR count). The summed E-state index contributed by atoms with van der Waals surface area (Å²) < 4.78 is 6.34. The van der Waals surface area contributed by atoms with Crippen LogP contribution in [-0.2, 0) is 11.8 Å². The molecule has 0 spiro atoms. The van der Waals surface area contributed by atoms with Crippen molar-refractivity contribution in [3.05, 3.63) is 34.2 Å². The Bertz CT molecular complexity index is 595. The van der Waals surface area contributed by atoms with E-state index in [1.165, 1.54) is 4.57 Å². The van der Waals surface area contributed by atoms with Gasteiger partial charge in [0.1, 0.15) is 0 Å². The topological polar surface area (TPSA) is 64.1 Å². The van der Waals surface area contributed by atoms with Gasteiger partial charge in [0.15, 0.2) is 0 Å². The number of hydrogen-bond acceptors (Lipinski definition) is 3. The van der Waals surface area contributed by atoms with Crippen molar-refractivity contribution in [2.24, 2.45) is 7.05 Å². The number of para-hydroxylation sites is 1. The fraction of sp³-hybridized carbons (Fsp3) is 0.273. The van der Waals surface area contributed by atoms with E-state index in [1.807, 2.05) is 0 Å². The van der Waals surface area contributed by atoms with Crippen LogP contribution in [0.15, 0.2) is 23.0 Å². The summed E-state index contributed by atoms with van der Waals surface area (Å²) in [6, 6.07) is 5.11. The molecule has 5 nitrogen and oxygen atoms in total. The number of H-pyrrole nitrogens is 1. The molecule has 0 aliphatic rings. The first kappa shape index (κ1) is 10.5. The Morgan fingerprint density at radius 1 is 1.50 bits per heavy atom. The van der Waals surface area contributed by atoms with Gasteiger partial charge in [-0.2, -0.15) is 0 Å². The summed E-state index contributed by atoms with van der Waals surface area (Å²) in [5.74, 6) is -0.414. The molecule has 0 aliphatic heterocycles. The summed E-state index contributed by atoms with van der Waals surface area (Å²) in [5, 5.41) is 0. The average Bonchev–Trinajstić information content (AvgIpc) is 2.55. The van der Waals surface area contributed by atoms with Crippen LogP contribution in [-0.4, -0.2) is 22.1 Å². The van der Waals surface area contributed by atoms with Crippen LogP contribution in [0.2, 0.25) is 0 Å². The first-order valence-electron chi connectivity index (χ1n) is 5.00. The lowest BCUT2D eigenvalue weighted by atomic mass is 10.2. The van der Waals surface area contributed by atoms with Crippen molar-refractivity contribution in [2.45, 2.75) is 6.92 Å². The van der Waals surface area contributed by atoms with E-state index in [9.17, 15) is 9.59 Å². The fourth-order valence-corrected chi connectivity index (χ4v) is 1.68. The molecule has 0 radical (unpaired) electrons. The van der Waals surface area contributed by atoms with E-state index in [1.54, 1.807) is 32.2 Å². The van der Waals surface area contributed by atoms with E-state index >= 15 is 0 Å². The molecule has 0 atom stereocenters. The zero-order valence-corrected chi connectivity index (χ0v) is 9.11. The minimum absolute atomic E-state index is 0.244. The number of benzene rings is 1. The van der Waals surface area contributed by atoms with Crippen molar-refractivity contribution in [3.8, 4) is 0 Å². The number of aromatic amines is 1. The molecule has 0 amide bonds. The van der Waals surface area contributed by atoms with Crippen molar-refractivity contribution in [1.29, 1.82) is 0 Å². The number of esters is 1. The molecule has 5 heteroatoms. The number of imidazole rings is 1. The van der Waals surface area contributed by atoms with Gasteiger partial charge in [0, 0.05) is 7.05 Å². The maximum atomic E-state index is 11.7. The quantitative estimate of drug-likeness (QED) is 0.769. The minimum Gasteiger partial charge on any atom is -0.462 e. The van der Waals surface area contributed by atoms with Gasteiger partial charge >= 0.3 is 11.7 Å². The lowest BCUT2D eigenvalue weighted by Crippen LogP contribution is -2.14. The Kier molecular flexibility index (Phi) is 2.52. The van der Waals surface area contributed by atoms with Gasteiger partial charge < -0.3 is 9.72 Å². The van der Waals surface area contributed by atoms with Crippen LogP contribution in [0.5, 0.6) is 0 Å². The third kappa shape index (κ3) is 1.50. The third-order valence-corrected chi connectivity index (χ3v) is 2.41. The van der Waals surface area contributed by atoms with E-state index in [0.29, 0.717) is 23.2 Å². The molecule has 0 unspecified atom stereocenters. The monoisotopic (exact) mass is 220 g/mol. The number of hydrogen-bond donors (Lipinski definition) is 1. The number of nitrogens with zero attached hydrogens (tertiary/aromatic N) is 1. The van der Waals surface area contributed by atoms with Gasteiger partial charge in [0.2, 0.25) is 0 Å². The highest BCUT2D eigenvalue weighted by Gasteiger charge is 2.14. The maximum Gasteiger partial charge on any atom is 0.340 e. The molecule has 1 aromatic heterocycles. The second kappa shape index (κ2) is 3.84. The fourth-order valence-electron chi connectivity index (χ4n) is 1.68. The number of ether oxygens (including phenoxy) is 1. The summed E-state index contributed by atoms with van der Waals surface area (Å²) in [6.45, 7) is 2.06. The largest absolute Gasteiger partial charge is 0.462 e. The SMILES string of the molecule is CCOC(=O)c1cccc2[nH]c(=O)n(C)c12. The van der Waals surface area contributed by atoms with Crippen LogP contribution in [0.3, 0.4) is 0 Å². The summed E-state index contributed by atoms with van der Waals surface area (Å²) in [7, 11) is 1.61. The number of aryl methyl sites for hydroxylation is 1. The normalized spacial score (nSPS) is 10.6. The molecule has 0 saturated heterocycles. The molecule has 84 valence electrons. The summed E-state index contributed by atoms with van der Waals surface area (Å²) in [5.41, 5.74) is 1.37. The Morgan fingerprint density at radius 3 is 2.94 bits per heavy atom. The van der Waals surface area contributed by atoms with Gasteiger partial charge in [-0.1, -0.05) is 6.07 Å². The predicted octanol–water partition coefficient (Wildman–Crippen LogP) is 1.04. The third-order valence-electron chi connectivity index (χ3n) is 2.41. The first-order valence-corrected chi connectivity index (χ1v) is 5.00. The van der Waals surface area contributed by atoms with Crippen LogP contribution in [0.4, 0.5) is 0 Å². The molecule has 1 aromatic carbocycles. The molecule has 1 heterocycles. The molecule has 0 fully saturated rings. The van der Waals surface area contributed by atoms with Crippen LogP contribution >= 0.6 is 0 Å². The number of nitrogens with one attached hydrogen (secondary N) is 1. The van der Waals surface area contributed by atoms with Crippen LogP contribution in [0.25, 0.3) is 11.0 Å². The van der Waals surface area contributed by atoms with Crippen molar-refractivity contribution in [3.63, 3.8) is 0 Å². The summed E-state index contributed by atoms with van der Waals surface area (Å²) >= 11 is 0. The lowest BCUT2D eigenvalue weighted by molar-refractivity contribution is 0.0528. The molecular formula is C11H12N2O3. The van der Waals surface area contributed by atoms with E-state index in [0.717, 1.165) is 0 Å². The second-order valence-electron chi connectivity index (χ2n) is 3.41. The number of carbonyl (C=O) groups is 1. The lowest BCUT2D eigenvalue weighted by Gasteiger charge is -2.04. The number of aromatic nitrogens is 2. The van der Waals surface area contributed by atoms with E-state index in [-0.39, 0.29) is 5.69 Å². The Balaban J connectivity index is 2.70. The zero-order chi connectivity index (χ0) is 11.7. The van der Waals surface area contributed by atoms with Crippen molar-refractivity contribution in [1.82, 2.24) is 9.55 Å². The Hall–Kier alpha value is -2.04. The van der Waals surface area contributed by atoms with E-state index < -0.39 is 5.97 Å². The van der Waals surface area contributed by atoms with Crippen LogP contribution < -0.4 is 5.69 Å². The number of carbonyl (C=O) groups excluding carboxylic acids is 1. The summed E-state index contributed by atoms with van der Waals surface area (Å²) in [6.07, 6.45) is 0. The van der Waals surface area contributed by atoms with Crippen LogP contribution in [0, 0.1) is 0 Å². The number of rotatable bonds is 2. The molecular weight excluding hydrogens is 208 g/mol. The van der Waals surface area contributed by atoms with Crippen molar-refractivity contribution < 1.29 is 9.53 Å². The summed E-state index contributed by atoms with van der Waals surface area (Å²) in [4.78, 5) is 25.8. The minimum atomic E-state index is -0.414. The van der Waals surface area contributed by atoms with Crippen molar-refractivity contribution >= 4 is 17.0 Å². The molecule has 2 aromatic rings. The van der Waals surface area contributed by atoms with Crippen LogP contribution in [0.1, 0.15) is 17.3 Å². The predicted molar refractivity (Wildman–Crippen MR) is 59.5 cm³/mol. The number of fused-ring (bicyclic) bond motifs is 1. The highest BCUT2D eigenvalue weighted by Crippen LogP contribution is 2.15. The maximum absolute atomic E-state index is 11.7. The van der Waals surface area contributed by atoms with Gasteiger partial charge in [0.25, 0.3) is 0 Å². The van der Waals surface area contributed by atoms with Gasteiger partial charge in [-0.05, 0) is 19.1 Å². The molecule has 0 aliphatic carbocycles. The second-order valence-corrected chi connectivity index (χ2v) is 3.41. The van der Waals surface area contributed by atoms with E-state index in [4.69, 9.17) is 4.74 Å². The van der Waals surface area contributed by atoms with Gasteiger partial charge in [-0.3, -0.25) is 4.57 Å². The Morgan fingerprint density at radius 2 is 2.25 bits per heavy atom. The van der Waals surface area contributed by atoms with Crippen molar-refractivity contribution in [2.75, 3.05) is 6.61 Å². The van der Waals surface area contributed by atoms with Gasteiger partial charge in [0.05, 0.1) is 23.2 Å². The molecule has 1 N–H and O–H groups in total. The van der Waals surface area contributed by atoms with Gasteiger partial charge in [-0.15, -0.1) is 0 Å². The molecule has 0 bridgehead atoms. The molecule has 16 heavy (non-hydrogen) atoms. The zero-order valence-electron chi connectivity index (χ0n) is 9.11. The average molecular weight is 220 g/mol. The Labute approximate surface area is 91.6 Å².